The van der Waals surface area contributed by atoms with Crippen LogP contribution in [0.15, 0.2) is 47.4 Å². The highest BCUT2D eigenvalue weighted by molar-refractivity contribution is 7.89. The number of rotatable bonds is 8. The lowest BCUT2D eigenvalue weighted by atomic mass is 10.0. The fourth-order valence-corrected chi connectivity index (χ4v) is 5.01. The smallest absolute Gasteiger partial charge is 0.242 e. The average molecular weight is 460 g/mol. The average Bonchev–Trinajstić information content (AvgIpc) is 3.20. The number of carbonyl (C=O) groups excluding carboxylic acids is 2. The van der Waals surface area contributed by atoms with Crippen LogP contribution < -0.4 is 19.7 Å². The summed E-state index contributed by atoms with van der Waals surface area (Å²) >= 11 is 0. The van der Waals surface area contributed by atoms with Gasteiger partial charge in [-0.15, -0.1) is 0 Å². The van der Waals surface area contributed by atoms with E-state index in [1.54, 1.807) is 69.2 Å². The zero-order valence-corrected chi connectivity index (χ0v) is 19.5. The minimum atomic E-state index is -3.95. The molecule has 0 radical (unpaired) electrons. The van der Waals surface area contributed by atoms with E-state index in [2.05, 4.69) is 10.0 Å². The van der Waals surface area contributed by atoms with Gasteiger partial charge in [-0.3, -0.25) is 9.59 Å². The third-order valence-electron chi connectivity index (χ3n) is 5.45. The van der Waals surface area contributed by atoms with Gasteiger partial charge >= 0.3 is 0 Å². The molecule has 1 aliphatic rings. The number of carbonyl (C=O) groups is 2. The minimum Gasteiger partial charge on any atom is -0.497 e. The van der Waals surface area contributed by atoms with Crippen molar-refractivity contribution in [1.82, 2.24) is 4.72 Å². The Kier molecular flexibility index (Phi) is 7.20. The Morgan fingerprint density at radius 3 is 2.41 bits per heavy atom. The van der Waals surface area contributed by atoms with Crippen molar-refractivity contribution in [3.63, 3.8) is 0 Å². The topological polar surface area (TPSA) is 105 Å². The highest BCUT2D eigenvalue weighted by Crippen LogP contribution is 2.31. The fraction of sp³-hybridized carbons (Fsp3) is 0.391. The number of hydrogen-bond donors (Lipinski definition) is 2. The Bertz CT molecular complexity index is 1100. The van der Waals surface area contributed by atoms with E-state index in [0.29, 0.717) is 30.8 Å². The molecule has 1 unspecified atom stereocenters. The highest BCUT2D eigenvalue weighted by Gasteiger charge is 2.30. The van der Waals surface area contributed by atoms with Crippen LogP contribution in [0.5, 0.6) is 5.75 Å². The molecule has 1 aliphatic heterocycles. The highest BCUT2D eigenvalue weighted by atomic mass is 32.2. The summed E-state index contributed by atoms with van der Waals surface area (Å²) in [6, 6.07) is 10.5. The van der Waals surface area contributed by atoms with E-state index < -0.39 is 22.0 Å². The van der Waals surface area contributed by atoms with Crippen LogP contribution in [0.3, 0.4) is 0 Å². The molecule has 2 N–H and O–H groups in total. The summed E-state index contributed by atoms with van der Waals surface area (Å²) in [6.07, 6.45) is 0.983. The lowest BCUT2D eigenvalue weighted by molar-refractivity contribution is -0.119. The van der Waals surface area contributed by atoms with Crippen molar-refractivity contribution < 1.29 is 22.7 Å². The van der Waals surface area contributed by atoms with Crippen molar-refractivity contribution >= 4 is 33.2 Å². The molecule has 0 saturated carbocycles. The number of sulfonamides is 1. The number of ether oxygens (including phenoxy) is 1. The molecule has 1 heterocycles. The van der Waals surface area contributed by atoms with Gasteiger partial charge in [0.1, 0.15) is 11.8 Å². The molecular weight excluding hydrogens is 430 g/mol. The summed E-state index contributed by atoms with van der Waals surface area (Å²) < 4.78 is 33.8. The molecule has 2 aromatic carbocycles. The molecule has 172 valence electrons. The summed E-state index contributed by atoms with van der Waals surface area (Å²) in [6.45, 7) is 5.89. The molecule has 1 atom stereocenters. The summed E-state index contributed by atoms with van der Waals surface area (Å²) in [4.78, 5) is 26.7. The van der Waals surface area contributed by atoms with Crippen LogP contribution in [-0.4, -0.2) is 39.9 Å². The van der Waals surface area contributed by atoms with Crippen molar-refractivity contribution in [2.45, 2.75) is 44.6 Å². The predicted molar refractivity (Wildman–Crippen MR) is 123 cm³/mol. The normalized spacial score (nSPS) is 14.2. The number of anilines is 2. The minimum absolute atomic E-state index is 0.00700. The van der Waals surface area contributed by atoms with Crippen LogP contribution in [0.25, 0.3) is 0 Å². The van der Waals surface area contributed by atoms with Crippen molar-refractivity contribution in [2.24, 2.45) is 5.92 Å². The number of hydrogen-bond acceptors (Lipinski definition) is 5. The third-order valence-corrected chi connectivity index (χ3v) is 6.89. The number of methoxy groups -OCH3 is 1. The maximum atomic E-state index is 13.1. The summed E-state index contributed by atoms with van der Waals surface area (Å²) in [5.74, 6) is -0.0720. The monoisotopic (exact) mass is 459 g/mol. The largest absolute Gasteiger partial charge is 0.497 e. The molecule has 0 aromatic heterocycles. The molecular formula is C23H29N3O5S. The van der Waals surface area contributed by atoms with Crippen LogP contribution in [0, 0.1) is 5.92 Å². The lowest BCUT2D eigenvalue weighted by Crippen LogP contribution is -2.47. The Balaban J connectivity index is 1.78. The van der Waals surface area contributed by atoms with Gasteiger partial charge in [0.25, 0.3) is 0 Å². The summed E-state index contributed by atoms with van der Waals surface area (Å²) in [7, 11) is -2.40. The van der Waals surface area contributed by atoms with E-state index in [4.69, 9.17) is 4.74 Å². The standard InChI is InChI=1S/C23H29N3O5S/c1-5-21(27)26-13-12-16-14-19(10-11-20(16)26)32(29,30)25-22(15(2)3)23(28)24-17-6-8-18(31-4)9-7-17/h6-11,14-15,22,25H,5,12-13H2,1-4H3,(H,24,28). The summed E-state index contributed by atoms with van der Waals surface area (Å²) in [5, 5.41) is 2.75. The van der Waals surface area contributed by atoms with Gasteiger partial charge in [0.2, 0.25) is 21.8 Å². The van der Waals surface area contributed by atoms with E-state index in [9.17, 15) is 18.0 Å². The number of amides is 2. The quantitative estimate of drug-likeness (QED) is 0.632. The molecule has 2 aromatic rings. The molecule has 0 aliphatic carbocycles. The predicted octanol–water partition coefficient (Wildman–Crippen LogP) is 2.94. The lowest BCUT2D eigenvalue weighted by Gasteiger charge is -2.22. The Labute approximate surface area is 189 Å². The first-order valence-electron chi connectivity index (χ1n) is 10.6. The van der Waals surface area contributed by atoms with Gasteiger partial charge in [0.15, 0.2) is 0 Å². The van der Waals surface area contributed by atoms with Gasteiger partial charge in [-0.25, -0.2) is 8.42 Å². The maximum Gasteiger partial charge on any atom is 0.242 e. The van der Waals surface area contributed by atoms with E-state index >= 15 is 0 Å². The Hall–Kier alpha value is -2.91. The number of nitrogens with one attached hydrogen (secondary N) is 2. The second kappa shape index (κ2) is 9.70. The Morgan fingerprint density at radius 2 is 1.81 bits per heavy atom. The SMILES string of the molecule is CCC(=O)N1CCc2cc(S(=O)(=O)NC(C(=O)Nc3ccc(OC)cc3)C(C)C)ccc21. The number of fused-ring (bicyclic) bond motifs is 1. The van der Waals surface area contributed by atoms with Crippen molar-refractivity contribution in [1.29, 1.82) is 0 Å². The van der Waals surface area contributed by atoms with E-state index in [0.717, 1.165) is 11.3 Å². The number of benzene rings is 2. The van der Waals surface area contributed by atoms with E-state index in [-0.39, 0.29) is 16.7 Å². The number of nitrogens with zero attached hydrogens (tertiary/aromatic N) is 1. The van der Waals surface area contributed by atoms with Gasteiger partial charge < -0.3 is 15.0 Å². The molecule has 9 heteroatoms. The maximum absolute atomic E-state index is 13.1. The molecule has 32 heavy (non-hydrogen) atoms. The van der Waals surface area contributed by atoms with E-state index in [1.807, 2.05) is 0 Å². The van der Waals surface area contributed by atoms with Crippen LogP contribution in [0.4, 0.5) is 11.4 Å². The molecule has 2 amide bonds. The van der Waals surface area contributed by atoms with Gasteiger partial charge in [0.05, 0.1) is 12.0 Å². The second-order valence-corrected chi connectivity index (χ2v) is 9.71. The first-order valence-corrected chi connectivity index (χ1v) is 12.0. The molecule has 0 fully saturated rings. The van der Waals surface area contributed by atoms with Crippen molar-refractivity contribution in [3.05, 3.63) is 48.0 Å². The van der Waals surface area contributed by atoms with Crippen LogP contribution in [0.2, 0.25) is 0 Å². The summed E-state index contributed by atoms with van der Waals surface area (Å²) in [5.41, 5.74) is 2.09. The molecule has 3 rings (SSSR count). The molecule has 0 saturated heterocycles. The third kappa shape index (κ3) is 5.11. The zero-order valence-electron chi connectivity index (χ0n) is 18.7. The fourth-order valence-electron chi connectivity index (χ4n) is 3.62. The van der Waals surface area contributed by atoms with Gasteiger partial charge in [-0.05, 0) is 60.4 Å². The van der Waals surface area contributed by atoms with Crippen LogP contribution in [-0.2, 0) is 26.0 Å². The first-order chi connectivity index (χ1) is 15.2. The molecule has 0 bridgehead atoms. The van der Waals surface area contributed by atoms with Crippen LogP contribution in [0.1, 0.15) is 32.8 Å². The second-order valence-electron chi connectivity index (χ2n) is 8.00. The molecule has 0 spiro atoms. The van der Waals surface area contributed by atoms with Gasteiger partial charge in [-0.1, -0.05) is 20.8 Å². The van der Waals surface area contributed by atoms with Gasteiger partial charge in [-0.2, -0.15) is 4.72 Å². The van der Waals surface area contributed by atoms with Gasteiger partial charge in [0, 0.05) is 24.3 Å². The van der Waals surface area contributed by atoms with Crippen molar-refractivity contribution in [2.75, 3.05) is 23.9 Å². The van der Waals surface area contributed by atoms with Crippen molar-refractivity contribution in [3.8, 4) is 5.75 Å². The molecule has 8 nitrogen and oxygen atoms in total. The van der Waals surface area contributed by atoms with E-state index in [1.165, 1.54) is 6.07 Å². The Morgan fingerprint density at radius 1 is 1.12 bits per heavy atom. The zero-order chi connectivity index (χ0) is 23.5. The van der Waals surface area contributed by atoms with Crippen LogP contribution >= 0.6 is 0 Å². The first kappa shape index (κ1) is 23.7.